The number of aromatic nitrogens is 2. The molecule has 1 fully saturated rings. The maximum atomic E-state index is 13.2. The van der Waals surface area contributed by atoms with Crippen LogP contribution in [0.1, 0.15) is 18.2 Å². The van der Waals surface area contributed by atoms with Gasteiger partial charge in [0.25, 0.3) is 0 Å². The van der Waals surface area contributed by atoms with Crippen LogP contribution in [0.2, 0.25) is 5.28 Å². The zero-order valence-electron chi connectivity index (χ0n) is 14.4. The number of rotatable bonds is 4. The van der Waals surface area contributed by atoms with Crippen molar-refractivity contribution in [3.8, 4) is 0 Å². The molecule has 3 rings (SSSR count). The molecular weight excluding hydrogens is 403 g/mol. The Balaban J connectivity index is 1.86. The number of alkyl halides is 3. The third-order valence-electron chi connectivity index (χ3n) is 4.13. The molecule has 0 amide bonds. The fourth-order valence-electron chi connectivity index (χ4n) is 2.86. The Morgan fingerprint density at radius 3 is 2.78 bits per heavy atom. The lowest BCUT2D eigenvalue weighted by atomic mass is 10.2. The second kappa shape index (κ2) is 8.22. The predicted octanol–water partition coefficient (Wildman–Crippen LogP) is 4.02. The summed E-state index contributed by atoms with van der Waals surface area (Å²) < 4.78 is 55.4. The Morgan fingerprint density at radius 2 is 2.07 bits per heavy atom. The SMILES string of the molecule is C[C@H]1COCCN1c1cc(C[S+](O)c2ccccc2C(F)(F)F)nc(Cl)n1. The molecule has 1 aromatic carbocycles. The molecule has 0 spiro atoms. The van der Waals surface area contributed by atoms with Crippen LogP contribution < -0.4 is 4.90 Å². The van der Waals surface area contributed by atoms with Gasteiger partial charge in [-0.05, 0) is 30.7 Å². The first-order valence-corrected chi connectivity index (χ1v) is 9.92. The molecule has 1 unspecified atom stereocenters. The number of hydrogen-bond donors (Lipinski definition) is 1. The van der Waals surface area contributed by atoms with Gasteiger partial charge in [0.2, 0.25) is 10.2 Å². The van der Waals surface area contributed by atoms with Crippen molar-refractivity contribution in [1.82, 2.24) is 9.97 Å². The van der Waals surface area contributed by atoms with Gasteiger partial charge in [0, 0.05) is 12.6 Å². The third kappa shape index (κ3) is 4.84. The lowest BCUT2D eigenvalue weighted by Crippen LogP contribution is -2.44. The van der Waals surface area contributed by atoms with E-state index in [0.717, 1.165) is 6.07 Å². The number of anilines is 1. The Hall–Kier alpha value is -1.55. The Labute approximate surface area is 162 Å². The summed E-state index contributed by atoms with van der Waals surface area (Å²) in [6.45, 7) is 3.69. The molecule has 1 aliphatic heterocycles. The Morgan fingerprint density at radius 1 is 1.33 bits per heavy atom. The van der Waals surface area contributed by atoms with Crippen LogP contribution >= 0.6 is 11.6 Å². The summed E-state index contributed by atoms with van der Waals surface area (Å²) in [6.07, 6.45) is -4.54. The van der Waals surface area contributed by atoms with Crippen LogP contribution in [0.3, 0.4) is 0 Å². The van der Waals surface area contributed by atoms with Crippen LogP contribution in [-0.2, 0) is 27.8 Å². The number of benzene rings is 1. The monoisotopic (exact) mass is 420 g/mol. The molecule has 0 radical (unpaired) electrons. The summed E-state index contributed by atoms with van der Waals surface area (Å²) >= 11 is 4.33. The van der Waals surface area contributed by atoms with Crippen molar-refractivity contribution in [2.24, 2.45) is 0 Å². The second-order valence-corrected chi connectivity index (χ2v) is 7.90. The molecule has 0 saturated carbocycles. The molecule has 27 heavy (non-hydrogen) atoms. The van der Waals surface area contributed by atoms with Gasteiger partial charge in [-0.15, -0.1) is 0 Å². The van der Waals surface area contributed by atoms with Crippen molar-refractivity contribution in [3.63, 3.8) is 0 Å². The lowest BCUT2D eigenvalue weighted by Gasteiger charge is -2.34. The quantitative estimate of drug-likeness (QED) is 0.598. The molecule has 0 aliphatic carbocycles. The molecule has 2 atom stereocenters. The van der Waals surface area contributed by atoms with E-state index >= 15 is 0 Å². The van der Waals surface area contributed by atoms with Gasteiger partial charge < -0.3 is 9.64 Å². The van der Waals surface area contributed by atoms with Gasteiger partial charge in [-0.1, -0.05) is 12.1 Å². The molecule has 2 heterocycles. The van der Waals surface area contributed by atoms with Crippen LogP contribution in [0.25, 0.3) is 0 Å². The molecule has 146 valence electrons. The smallest absolute Gasteiger partial charge is 0.377 e. The van der Waals surface area contributed by atoms with E-state index in [4.69, 9.17) is 16.3 Å². The number of hydrogen-bond acceptors (Lipinski definition) is 5. The predicted molar refractivity (Wildman–Crippen MR) is 98.1 cm³/mol. The standard InChI is InChI=1S/C17H18ClF3N3O2S/c1-11-9-26-7-6-24(11)15-8-12(22-16(18)23-15)10-27(25)14-5-3-2-4-13(14)17(19,20)21/h2-5,8,11,25H,6-7,9-10H2,1H3/q+1/t11-,27?/m0/s1. The van der Waals surface area contributed by atoms with Crippen molar-refractivity contribution >= 4 is 28.6 Å². The van der Waals surface area contributed by atoms with Crippen LogP contribution in [0, 0.1) is 0 Å². The molecule has 10 heteroatoms. The Bertz CT molecular complexity index is 809. The summed E-state index contributed by atoms with van der Waals surface area (Å²) in [6, 6.07) is 6.73. The van der Waals surface area contributed by atoms with Gasteiger partial charge in [-0.3, -0.25) is 0 Å². The highest BCUT2D eigenvalue weighted by molar-refractivity contribution is 7.90. The van der Waals surface area contributed by atoms with Gasteiger partial charge in [-0.25, -0.2) is 9.97 Å². The number of halogens is 4. The van der Waals surface area contributed by atoms with E-state index in [9.17, 15) is 17.7 Å². The van der Waals surface area contributed by atoms with E-state index in [1.165, 1.54) is 18.2 Å². The number of ether oxygens (including phenoxy) is 1. The number of morpholine rings is 1. The van der Waals surface area contributed by atoms with Crippen LogP contribution in [0.5, 0.6) is 0 Å². The largest absolute Gasteiger partial charge is 0.421 e. The minimum Gasteiger partial charge on any atom is -0.377 e. The maximum absolute atomic E-state index is 13.2. The summed E-state index contributed by atoms with van der Waals surface area (Å²) in [5.74, 6) is 0.489. The third-order valence-corrected chi connectivity index (χ3v) is 5.73. The molecule has 1 aliphatic rings. The summed E-state index contributed by atoms with van der Waals surface area (Å²) in [5.41, 5.74) is -0.468. The fourth-order valence-corrected chi connectivity index (χ4v) is 4.32. The van der Waals surface area contributed by atoms with Crippen molar-refractivity contribution in [1.29, 1.82) is 0 Å². The zero-order valence-corrected chi connectivity index (χ0v) is 16.0. The fraction of sp³-hybridized carbons (Fsp3) is 0.412. The van der Waals surface area contributed by atoms with Gasteiger partial charge in [0.1, 0.15) is 17.1 Å². The van der Waals surface area contributed by atoms with Gasteiger partial charge >= 0.3 is 6.18 Å². The van der Waals surface area contributed by atoms with E-state index in [0.29, 0.717) is 31.3 Å². The Kier molecular flexibility index (Phi) is 6.15. The van der Waals surface area contributed by atoms with E-state index in [1.807, 2.05) is 11.8 Å². The average Bonchev–Trinajstić information content (AvgIpc) is 2.61. The minimum atomic E-state index is -4.54. The molecule has 5 nitrogen and oxygen atoms in total. The lowest BCUT2D eigenvalue weighted by molar-refractivity contribution is -0.139. The van der Waals surface area contributed by atoms with Crippen LogP contribution in [-0.4, -0.2) is 40.3 Å². The van der Waals surface area contributed by atoms with Crippen LogP contribution in [0.4, 0.5) is 19.0 Å². The molecular formula is C17H18ClF3N3O2S+. The topological polar surface area (TPSA) is 58.5 Å². The van der Waals surface area contributed by atoms with Crippen molar-refractivity contribution in [2.75, 3.05) is 24.7 Å². The van der Waals surface area contributed by atoms with E-state index in [1.54, 1.807) is 6.07 Å². The summed E-state index contributed by atoms with van der Waals surface area (Å²) in [7, 11) is 0. The van der Waals surface area contributed by atoms with Crippen LogP contribution in [0.15, 0.2) is 35.2 Å². The summed E-state index contributed by atoms with van der Waals surface area (Å²) in [4.78, 5) is 10.1. The van der Waals surface area contributed by atoms with Crippen molar-refractivity contribution in [3.05, 3.63) is 46.9 Å². The molecule has 1 saturated heterocycles. The molecule has 0 bridgehead atoms. The summed E-state index contributed by atoms with van der Waals surface area (Å²) in [5, 5.41) is -0.0118. The van der Waals surface area contributed by atoms with Crippen molar-refractivity contribution < 1.29 is 22.5 Å². The second-order valence-electron chi connectivity index (χ2n) is 6.11. The van der Waals surface area contributed by atoms with E-state index in [2.05, 4.69) is 9.97 Å². The molecule has 1 N–H and O–H groups in total. The first-order valence-electron chi connectivity index (χ1n) is 8.19. The first-order chi connectivity index (χ1) is 12.8. The maximum Gasteiger partial charge on any atom is 0.421 e. The number of nitrogens with zero attached hydrogens (tertiary/aromatic N) is 3. The molecule has 2 aromatic rings. The average molecular weight is 421 g/mol. The molecule has 1 aromatic heterocycles. The normalized spacial score (nSPS) is 19.2. The van der Waals surface area contributed by atoms with Gasteiger partial charge in [0.05, 0.1) is 19.3 Å². The highest BCUT2D eigenvalue weighted by Gasteiger charge is 2.40. The van der Waals surface area contributed by atoms with E-state index < -0.39 is 22.9 Å². The van der Waals surface area contributed by atoms with Gasteiger partial charge in [-0.2, -0.15) is 17.7 Å². The van der Waals surface area contributed by atoms with E-state index in [-0.39, 0.29) is 22.0 Å². The highest BCUT2D eigenvalue weighted by Crippen LogP contribution is 2.35. The van der Waals surface area contributed by atoms with Crippen molar-refractivity contribution in [2.45, 2.75) is 29.8 Å². The first kappa shape index (κ1) is 20.2. The minimum absolute atomic E-state index is 0.0118. The highest BCUT2D eigenvalue weighted by atomic mass is 35.5. The van der Waals surface area contributed by atoms with Gasteiger partial charge in [0.15, 0.2) is 16.9 Å². The zero-order chi connectivity index (χ0) is 19.6.